The summed E-state index contributed by atoms with van der Waals surface area (Å²) in [4.78, 5) is 12.2. The average Bonchev–Trinajstić information content (AvgIpc) is 3.01. The zero-order valence-electron chi connectivity index (χ0n) is 12.1. The highest BCUT2D eigenvalue weighted by Crippen LogP contribution is 2.26. The molecule has 1 atom stereocenters. The number of rotatable bonds is 4. The Morgan fingerprint density at radius 2 is 2.29 bits per heavy atom. The molecule has 1 N–H and O–H groups in total. The molecule has 21 heavy (non-hydrogen) atoms. The summed E-state index contributed by atoms with van der Waals surface area (Å²) in [5, 5.41) is 7.09. The molecule has 110 valence electrons. The number of hydrogen-bond donors (Lipinski definition) is 1. The molecule has 3 rings (SSSR count). The molecule has 1 aliphatic rings. The first-order valence-corrected chi connectivity index (χ1v) is 7.28. The van der Waals surface area contributed by atoms with Crippen LogP contribution in [0, 0.1) is 5.92 Å². The van der Waals surface area contributed by atoms with E-state index in [0.29, 0.717) is 31.3 Å². The first kappa shape index (κ1) is 13.7. The van der Waals surface area contributed by atoms with Gasteiger partial charge in [0.1, 0.15) is 11.4 Å². The van der Waals surface area contributed by atoms with E-state index in [9.17, 15) is 4.79 Å². The largest absolute Gasteiger partial charge is 0.493 e. The van der Waals surface area contributed by atoms with Crippen LogP contribution in [0.5, 0.6) is 5.75 Å². The lowest BCUT2D eigenvalue weighted by molar-refractivity contribution is 0.0928. The van der Waals surface area contributed by atoms with Crippen molar-refractivity contribution in [2.45, 2.75) is 19.9 Å². The van der Waals surface area contributed by atoms with E-state index < -0.39 is 0 Å². The Balaban J connectivity index is 1.58. The van der Waals surface area contributed by atoms with E-state index in [1.807, 2.05) is 25.1 Å². The van der Waals surface area contributed by atoms with E-state index in [1.54, 1.807) is 16.9 Å². The topological polar surface area (TPSA) is 56.2 Å². The predicted molar refractivity (Wildman–Crippen MR) is 79.4 cm³/mol. The van der Waals surface area contributed by atoms with Gasteiger partial charge in [-0.25, -0.2) is 0 Å². The van der Waals surface area contributed by atoms with Gasteiger partial charge in [0.25, 0.3) is 5.91 Å². The number of hydrogen-bond acceptors (Lipinski definition) is 3. The molecule has 5 nitrogen and oxygen atoms in total. The van der Waals surface area contributed by atoms with Crippen LogP contribution in [0.15, 0.2) is 36.5 Å². The van der Waals surface area contributed by atoms with Crippen LogP contribution in [0.25, 0.3) is 0 Å². The lowest BCUT2D eigenvalue weighted by Crippen LogP contribution is -2.35. The Labute approximate surface area is 123 Å². The molecule has 2 heterocycles. The number of carbonyl (C=O) groups excluding carboxylic acids is 1. The van der Waals surface area contributed by atoms with E-state index in [4.69, 9.17) is 4.74 Å². The van der Waals surface area contributed by atoms with Crippen LogP contribution in [0.3, 0.4) is 0 Å². The van der Waals surface area contributed by atoms with Crippen molar-refractivity contribution in [1.29, 1.82) is 0 Å². The minimum absolute atomic E-state index is 0.0757. The second-order valence-electron chi connectivity index (χ2n) is 5.23. The Bertz CT molecular complexity index is 636. The molecule has 0 spiro atoms. The number of para-hydroxylation sites is 1. The molecule has 2 aromatic rings. The third kappa shape index (κ3) is 2.91. The molecule has 0 unspecified atom stereocenters. The van der Waals surface area contributed by atoms with Gasteiger partial charge in [0.2, 0.25) is 0 Å². The third-order valence-electron chi connectivity index (χ3n) is 3.76. The van der Waals surface area contributed by atoms with Gasteiger partial charge in [-0.15, -0.1) is 0 Å². The molecule has 0 saturated heterocycles. The summed E-state index contributed by atoms with van der Waals surface area (Å²) in [5.74, 6) is 1.19. The summed E-state index contributed by atoms with van der Waals surface area (Å²) in [6.07, 6.45) is 2.59. The van der Waals surface area contributed by atoms with Gasteiger partial charge >= 0.3 is 0 Å². The fourth-order valence-electron chi connectivity index (χ4n) is 2.63. The monoisotopic (exact) mass is 285 g/mol. The van der Waals surface area contributed by atoms with Gasteiger partial charge in [0, 0.05) is 25.2 Å². The highest BCUT2D eigenvalue weighted by atomic mass is 16.5. The number of nitrogens with zero attached hydrogens (tertiary/aromatic N) is 2. The van der Waals surface area contributed by atoms with Gasteiger partial charge < -0.3 is 10.1 Å². The van der Waals surface area contributed by atoms with Crippen molar-refractivity contribution in [3.05, 3.63) is 47.8 Å². The molecular weight excluding hydrogens is 266 g/mol. The fourth-order valence-corrected chi connectivity index (χ4v) is 2.63. The molecule has 0 fully saturated rings. The lowest BCUT2D eigenvalue weighted by atomic mass is 9.97. The number of carbonyl (C=O) groups is 1. The Hall–Kier alpha value is -2.30. The van der Waals surface area contributed by atoms with Crippen molar-refractivity contribution in [1.82, 2.24) is 15.1 Å². The van der Waals surface area contributed by atoms with Gasteiger partial charge in [0.15, 0.2) is 0 Å². The van der Waals surface area contributed by atoms with E-state index in [-0.39, 0.29) is 5.91 Å². The molecular formula is C16H19N3O2. The van der Waals surface area contributed by atoms with Crippen LogP contribution >= 0.6 is 0 Å². The van der Waals surface area contributed by atoms with Gasteiger partial charge in [0.05, 0.1) is 6.61 Å². The maximum atomic E-state index is 12.2. The molecule has 1 amide bonds. The molecule has 5 heteroatoms. The number of amides is 1. The second kappa shape index (κ2) is 5.99. The normalized spacial score (nSPS) is 16.9. The fraction of sp³-hybridized carbons (Fsp3) is 0.375. The highest BCUT2D eigenvalue weighted by molar-refractivity contribution is 5.92. The number of fused-ring (bicyclic) bond motifs is 1. The van der Waals surface area contributed by atoms with Gasteiger partial charge in [-0.05, 0) is 31.0 Å². The van der Waals surface area contributed by atoms with Crippen LogP contribution in [0.2, 0.25) is 0 Å². The first-order valence-electron chi connectivity index (χ1n) is 7.28. The summed E-state index contributed by atoms with van der Waals surface area (Å²) < 4.78 is 7.43. The smallest absolute Gasteiger partial charge is 0.269 e. The summed E-state index contributed by atoms with van der Waals surface area (Å²) in [7, 11) is 0. The number of aryl methyl sites for hydroxylation is 1. The second-order valence-corrected chi connectivity index (χ2v) is 5.23. The minimum atomic E-state index is -0.0757. The average molecular weight is 285 g/mol. The van der Waals surface area contributed by atoms with Gasteiger partial charge in [-0.2, -0.15) is 5.10 Å². The van der Waals surface area contributed by atoms with E-state index in [2.05, 4.69) is 16.5 Å². The van der Waals surface area contributed by atoms with Crippen LogP contribution in [0.1, 0.15) is 23.0 Å². The minimum Gasteiger partial charge on any atom is -0.493 e. The highest BCUT2D eigenvalue weighted by Gasteiger charge is 2.20. The number of aromatic nitrogens is 2. The maximum Gasteiger partial charge on any atom is 0.269 e. The summed E-state index contributed by atoms with van der Waals surface area (Å²) in [6, 6.07) is 9.81. The van der Waals surface area contributed by atoms with Crippen molar-refractivity contribution >= 4 is 5.91 Å². The lowest BCUT2D eigenvalue weighted by Gasteiger charge is -2.25. The van der Waals surface area contributed by atoms with Crippen LogP contribution in [-0.2, 0) is 13.0 Å². The van der Waals surface area contributed by atoms with Crippen molar-refractivity contribution in [2.75, 3.05) is 13.2 Å². The predicted octanol–water partition coefficient (Wildman–Crippen LogP) is 1.88. The summed E-state index contributed by atoms with van der Waals surface area (Å²) >= 11 is 0. The van der Waals surface area contributed by atoms with E-state index in [1.165, 1.54) is 5.56 Å². The molecule has 0 radical (unpaired) electrons. The van der Waals surface area contributed by atoms with Crippen molar-refractivity contribution in [2.24, 2.45) is 5.92 Å². The quantitative estimate of drug-likeness (QED) is 0.933. The van der Waals surface area contributed by atoms with Gasteiger partial charge in [-0.1, -0.05) is 18.2 Å². The molecule has 0 saturated carbocycles. The Kier molecular flexibility index (Phi) is 3.90. The Morgan fingerprint density at radius 1 is 1.43 bits per heavy atom. The van der Waals surface area contributed by atoms with E-state index in [0.717, 1.165) is 12.2 Å². The number of nitrogens with one attached hydrogen (secondary N) is 1. The van der Waals surface area contributed by atoms with Crippen LogP contribution in [-0.4, -0.2) is 28.8 Å². The van der Waals surface area contributed by atoms with Crippen molar-refractivity contribution < 1.29 is 9.53 Å². The molecule has 1 aromatic heterocycles. The summed E-state index contributed by atoms with van der Waals surface area (Å²) in [6.45, 7) is 3.91. The summed E-state index contributed by atoms with van der Waals surface area (Å²) in [5.41, 5.74) is 1.82. The SMILES string of the molecule is CCn1nccc1C(=O)NC[C@H]1COc2ccccc2C1. The van der Waals surface area contributed by atoms with Crippen molar-refractivity contribution in [3.63, 3.8) is 0 Å². The molecule has 0 aliphatic carbocycles. The first-order chi connectivity index (χ1) is 10.3. The van der Waals surface area contributed by atoms with Crippen LogP contribution < -0.4 is 10.1 Å². The molecule has 0 bridgehead atoms. The standard InChI is InChI=1S/C16H19N3O2/c1-2-19-14(7-8-18-19)16(20)17-10-12-9-13-5-3-4-6-15(13)21-11-12/h3-8,12H,2,9-11H2,1H3,(H,17,20)/t12-/m0/s1. The number of benzene rings is 1. The maximum absolute atomic E-state index is 12.2. The third-order valence-corrected chi connectivity index (χ3v) is 3.76. The van der Waals surface area contributed by atoms with E-state index >= 15 is 0 Å². The number of ether oxygens (including phenoxy) is 1. The van der Waals surface area contributed by atoms with Crippen molar-refractivity contribution in [3.8, 4) is 5.75 Å². The zero-order valence-corrected chi connectivity index (χ0v) is 12.1. The van der Waals surface area contributed by atoms with Gasteiger partial charge in [-0.3, -0.25) is 9.48 Å². The molecule has 1 aliphatic heterocycles. The molecule has 1 aromatic carbocycles. The zero-order chi connectivity index (χ0) is 14.7. The Morgan fingerprint density at radius 3 is 3.14 bits per heavy atom. The van der Waals surface area contributed by atoms with Crippen LogP contribution in [0.4, 0.5) is 0 Å².